The van der Waals surface area contributed by atoms with E-state index in [-0.39, 0.29) is 13.2 Å². The summed E-state index contributed by atoms with van der Waals surface area (Å²) in [6.45, 7) is 1.02. The molecular weight excluding hydrogens is 237 g/mol. The average Bonchev–Trinajstić information content (AvgIpc) is 2.28. The number of halogens is 3. The number of H-pyrrole nitrogens is 1. The molecular formula is C10H14F3N2O2+. The van der Waals surface area contributed by atoms with Gasteiger partial charge in [0.05, 0.1) is 25.4 Å². The van der Waals surface area contributed by atoms with E-state index in [9.17, 15) is 13.2 Å². The van der Waals surface area contributed by atoms with E-state index in [4.69, 9.17) is 9.84 Å². The summed E-state index contributed by atoms with van der Waals surface area (Å²) in [6.07, 6.45) is -3.43. The predicted octanol–water partition coefficient (Wildman–Crippen LogP) is 0.940. The molecule has 1 aromatic rings. The van der Waals surface area contributed by atoms with Crippen LogP contribution in [0.3, 0.4) is 0 Å². The summed E-state index contributed by atoms with van der Waals surface area (Å²) < 4.78 is 41.7. The first kappa shape index (κ1) is 13.7. The molecule has 0 aliphatic heterocycles. The van der Waals surface area contributed by atoms with E-state index in [1.807, 2.05) is 0 Å². The fourth-order valence-corrected chi connectivity index (χ4v) is 1.14. The van der Waals surface area contributed by atoms with Crippen LogP contribution in [-0.4, -0.2) is 31.5 Å². The molecule has 1 aromatic heterocycles. The van der Waals surface area contributed by atoms with Gasteiger partial charge in [-0.15, -0.1) is 0 Å². The van der Waals surface area contributed by atoms with Crippen molar-refractivity contribution in [3.63, 3.8) is 0 Å². The van der Waals surface area contributed by atoms with Crippen LogP contribution in [0, 0.1) is 0 Å². The Labute approximate surface area is 96.4 Å². The first-order valence-corrected chi connectivity index (χ1v) is 5.05. The van der Waals surface area contributed by atoms with Gasteiger partial charge in [0.25, 0.3) is 5.82 Å². The number of pyridine rings is 1. The average molecular weight is 251 g/mol. The van der Waals surface area contributed by atoms with Crippen LogP contribution in [0.15, 0.2) is 18.3 Å². The number of hydrogen-bond acceptors (Lipinski definition) is 3. The van der Waals surface area contributed by atoms with Gasteiger partial charge in [-0.05, 0) is 6.07 Å². The van der Waals surface area contributed by atoms with Crippen molar-refractivity contribution in [1.29, 1.82) is 0 Å². The molecule has 0 amide bonds. The summed E-state index contributed by atoms with van der Waals surface area (Å²) in [6, 6.07) is 2.31. The van der Waals surface area contributed by atoms with Crippen molar-refractivity contribution in [3.8, 4) is 0 Å². The SMILES string of the molecule is OCCOCCNc1ccc(C(F)(F)F)c[nH+]1. The van der Waals surface area contributed by atoms with Crippen LogP contribution in [0.25, 0.3) is 0 Å². The van der Waals surface area contributed by atoms with Crippen molar-refractivity contribution in [1.82, 2.24) is 0 Å². The fourth-order valence-electron chi connectivity index (χ4n) is 1.14. The van der Waals surface area contributed by atoms with Crippen LogP contribution in [-0.2, 0) is 10.9 Å². The van der Waals surface area contributed by atoms with Crippen molar-refractivity contribution in [3.05, 3.63) is 23.9 Å². The van der Waals surface area contributed by atoms with Gasteiger partial charge in [0.2, 0.25) is 0 Å². The minimum atomic E-state index is -4.33. The van der Waals surface area contributed by atoms with E-state index >= 15 is 0 Å². The summed E-state index contributed by atoms with van der Waals surface area (Å²) in [4.78, 5) is 2.50. The van der Waals surface area contributed by atoms with Gasteiger partial charge in [0.1, 0.15) is 12.7 Å². The second kappa shape index (κ2) is 6.41. The molecule has 0 saturated carbocycles. The number of aliphatic hydroxyl groups is 1. The maximum absolute atomic E-state index is 12.2. The lowest BCUT2D eigenvalue weighted by molar-refractivity contribution is -0.364. The third kappa shape index (κ3) is 5.01. The van der Waals surface area contributed by atoms with Gasteiger partial charge in [-0.3, -0.25) is 5.32 Å². The molecule has 17 heavy (non-hydrogen) atoms. The molecule has 0 atom stereocenters. The molecule has 0 aliphatic rings. The minimum absolute atomic E-state index is 0.0492. The molecule has 0 unspecified atom stereocenters. The van der Waals surface area contributed by atoms with Gasteiger partial charge in [-0.1, -0.05) is 0 Å². The van der Waals surface area contributed by atoms with E-state index in [1.165, 1.54) is 6.07 Å². The Hall–Kier alpha value is -1.34. The van der Waals surface area contributed by atoms with Crippen molar-refractivity contribution in [2.75, 3.05) is 31.7 Å². The Balaban J connectivity index is 2.36. The van der Waals surface area contributed by atoms with Crippen LogP contribution in [0.4, 0.5) is 19.0 Å². The molecule has 3 N–H and O–H groups in total. The molecule has 7 heteroatoms. The first-order valence-electron chi connectivity index (χ1n) is 5.05. The van der Waals surface area contributed by atoms with E-state index in [1.54, 1.807) is 0 Å². The number of ether oxygens (including phenoxy) is 1. The van der Waals surface area contributed by atoms with Crippen molar-refractivity contribution < 1.29 is 28.0 Å². The normalized spacial score (nSPS) is 11.5. The van der Waals surface area contributed by atoms with E-state index in [0.29, 0.717) is 19.0 Å². The van der Waals surface area contributed by atoms with Crippen molar-refractivity contribution in [2.24, 2.45) is 0 Å². The standard InChI is InChI=1S/C10H13F3N2O2/c11-10(12,13)8-1-2-9(15-7-8)14-3-5-17-6-4-16/h1-2,7,16H,3-6H2,(H,14,15)/p+1. The zero-order chi connectivity index (χ0) is 12.7. The lowest BCUT2D eigenvalue weighted by atomic mass is 10.3. The Kier molecular flexibility index (Phi) is 5.17. The molecule has 0 fully saturated rings. The number of rotatable bonds is 6. The van der Waals surface area contributed by atoms with Gasteiger partial charge in [-0.25, -0.2) is 4.98 Å². The highest BCUT2D eigenvalue weighted by atomic mass is 19.4. The molecule has 0 aromatic carbocycles. The van der Waals surface area contributed by atoms with Crippen LogP contribution in [0.2, 0.25) is 0 Å². The molecule has 4 nitrogen and oxygen atoms in total. The summed E-state index contributed by atoms with van der Waals surface area (Å²) in [7, 11) is 0. The maximum Gasteiger partial charge on any atom is 0.419 e. The zero-order valence-corrected chi connectivity index (χ0v) is 9.05. The Bertz CT molecular complexity index is 327. The monoisotopic (exact) mass is 251 g/mol. The second-order valence-corrected chi connectivity index (χ2v) is 3.25. The highest BCUT2D eigenvalue weighted by Gasteiger charge is 2.31. The largest absolute Gasteiger partial charge is 0.419 e. The Morgan fingerprint density at radius 1 is 1.29 bits per heavy atom. The fraction of sp³-hybridized carbons (Fsp3) is 0.500. The predicted molar refractivity (Wildman–Crippen MR) is 54.4 cm³/mol. The van der Waals surface area contributed by atoms with Gasteiger partial charge < -0.3 is 9.84 Å². The molecule has 0 aliphatic carbocycles. The quantitative estimate of drug-likeness (QED) is 0.740. The van der Waals surface area contributed by atoms with Gasteiger partial charge in [0.15, 0.2) is 0 Å². The summed E-state index contributed by atoms with van der Waals surface area (Å²) in [5.41, 5.74) is -0.723. The van der Waals surface area contributed by atoms with Crippen LogP contribution in [0.1, 0.15) is 5.56 Å². The number of anilines is 1. The van der Waals surface area contributed by atoms with E-state index in [0.717, 1.165) is 12.3 Å². The van der Waals surface area contributed by atoms with Crippen LogP contribution < -0.4 is 10.3 Å². The summed E-state index contributed by atoms with van der Waals surface area (Å²) in [5, 5.41) is 11.3. The number of aromatic amines is 1. The molecule has 1 rings (SSSR count). The maximum atomic E-state index is 12.2. The van der Waals surface area contributed by atoms with Crippen molar-refractivity contribution >= 4 is 5.82 Å². The Morgan fingerprint density at radius 3 is 2.59 bits per heavy atom. The lowest BCUT2D eigenvalue weighted by Gasteiger charge is -2.05. The molecule has 0 radical (unpaired) electrons. The Morgan fingerprint density at radius 2 is 2.06 bits per heavy atom. The zero-order valence-electron chi connectivity index (χ0n) is 9.05. The number of aliphatic hydroxyl groups excluding tert-OH is 1. The molecule has 0 saturated heterocycles. The second-order valence-electron chi connectivity index (χ2n) is 3.25. The van der Waals surface area contributed by atoms with Crippen LogP contribution in [0.5, 0.6) is 0 Å². The molecule has 0 spiro atoms. The van der Waals surface area contributed by atoms with E-state index < -0.39 is 11.7 Å². The van der Waals surface area contributed by atoms with E-state index in [2.05, 4.69) is 10.3 Å². The topological polar surface area (TPSA) is 55.6 Å². The van der Waals surface area contributed by atoms with Crippen LogP contribution >= 0.6 is 0 Å². The smallest absolute Gasteiger partial charge is 0.394 e. The minimum Gasteiger partial charge on any atom is -0.394 e. The van der Waals surface area contributed by atoms with Crippen molar-refractivity contribution in [2.45, 2.75) is 6.18 Å². The highest BCUT2D eigenvalue weighted by molar-refractivity contribution is 5.29. The highest BCUT2D eigenvalue weighted by Crippen LogP contribution is 2.27. The van der Waals surface area contributed by atoms with Gasteiger partial charge in [-0.2, -0.15) is 13.2 Å². The first-order chi connectivity index (χ1) is 8.04. The summed E-state index contributed by atoms with van der Waals surface area (Å²) in [5.74, 6) is 0.477. The number of hydrogen-bond donors (Lipinski definition) is 2. The molecule has 96 valence electrons. The van der Waals surface area contributed by atoms with Gasteiger partial charge in [0, 0.05) is 6.07 Å². The lowest BCUT2D eigenvalue weighted by Crippen LogP contribution is -2.19. The number of nitrogens with one attached hydrogen (secondary N) is 2. The number of aromatic nitrogens is 1. The third-order valence-corrected chi connectivity index (χ3v) is 1.94. The third-order valence-electron chi connectivity index (χ3n) is 1.94. The molecule has 1 heterocycles. The molecule has 0 bridgehead atoms. The number of alkyl halides is 3. The summed E-state index contributed by atoms with van der Waals surface area (Å²) >= 11 is 0. The van der Waals surface area contributed by atoms with Gasteiger partial charge >= 0.3 is 6.18 Å².